The molecule has 0 aliphatic carbocycles. The predicted molar refractivity (Wildman–Crippen MR) is 123 cm³/mol. The summed E-state index contributed by atoms with van der Waals surface area (Å²) in [5.74, 6) is 0.837. The molecule has 0 bridgehead atoms. The number of sulfonamides is 1. The standard InChI is InChI=1S/C22H24Cl2N2O5S/c23-17-6-5-16(19(24)11-17)14-32(28,29)26-9-7-15(8-10-26)22(27)25-12-18-13-30-20-3-1-2-4-21(20)31-18/h1-6,11,15,18H,7-10,12-14H2,(H,25,27). The Morgan fingerprint density at radius 2 is 1.81 bits per heavy atom. The van der Waals surface area contributed by atoms with Crippen LogP contribution in [0.4, 0.5) is 0 Å². The van der Waals surface area contributed by atoms with E-state index in [-0.39, 0.29) is 23.7 Å². The molecule has 7 nitrogen and oxygen atoms in total. The number of nitrogens with one attached hydrogen (secondary N) is 1. The molecule has 32 heavy (non-hydrogen) atoms. The Hall–Kier alpha value is -2.00. The van der Waals surface area contributed by atoms with Crippen molar-refractivity contribution >= 4 is 39.1 Å². The Bertz CT molecular complexity index is 1090. The Balaban J connectivity index is 1.25. The fourth-order valence-corrected chi connectivity index (χ4v) is 5.99. The molecule has 1 amide bonds. The highest BCUT2D eigenvalue weighted by Gasteiger charge is 2.32. The highest BCUT2D eigenvalue weighted by atomic mass is 35.5. The molecular formula is C22H24Cl2N2O5S. The molecular weight excluding hydrogens is 475 g/mol. The summed E-state index contributed by atoms with van der Waals surface area (Å²) in [5, 5.41) is 3.70. The van der Waals surface area contributed by atoms with Crippen LogP contribution in [0.15, 0.2) is 42.5 Å². The van der Waals surface area contributed by atoms with Crippen molar-refractivity contribution in [1.82, 2.24) is 9.62 Å². The molecule has 4 rings (SSSR count). The lowest BCUT2D eigenvalue weighted by molar-refractivity contribution is -0.126. The zero-order valence-electron chi connectivity index (χ0n) is 17.3. The van der Waals surface area contributed by atoms with E-state index >= 15 is 0 Å². The predicted octanol–water partition coefficient (Wildman–Crippen LogP) is 3.49. The van der Waals surface area contributed by atoms with Crippen LogP contribution in [0.2, 0.25) is 10.0 Å². The minimum Gasteiger partial charge on any atom is -0.486 e. The van der Waals surface area contributed by atoms with Crippen molar-refractivity contribution in [3.63, 3.8) is 0 Å². The molecule has 0 spiro atoms. The Morgan fingerprint density at radius 1 is 1.09 bits per heavy atom. The maximum atomic E-state index is 12.8. The van der Waals surface area contributed by atoms with E-state index in [0.29, 0.717) is 66.2 Å². The van der Waals surface area contributed by atoms with E-state index in [1.54, 1.807) is 12.1 Å². The summed E-state index contributed by atoms with van der Waals surface area (Å²) in [4.78, 5) is 12.6. The molecule has 0 aromatic heterocycles. The number of amides is 1. The smallest absolute Gasteiger partial charge is 0.223 e. The summed E-state index contributed by atoms with van der Waals surface area (Å²) in [7, 11) is -3.54. The van der Waals surface area contributed by atoms with Gasteiger partial charge in [0.1, 0.15) is 12.7 Å². The summed E-state index contributed by atoms with van der Waals surface area (Å²) in [5.41, 5.74) is 0.507. The number of benzene rings is 2. The zero-order valence-corrected chi connectivity index (χ0v) is 19.6. The van der Waals surface area contributed by atoms with E-state index < -0.39 is 10.0 Å². The average molecular weight is 499 g/mol. The van der Waals surface area contributed by atoms with E-state index in [9.17, 15) is 13.2 Å². The summed E-state index contributed by atoms with van der Waals surface area (Å²) in [6.07, 6.45) is 0.660. The molecule has 2 aromatic carbocycles. The average Bonchev–Trinajstić information content (AvgIpc) is 2.79. The molecule has 1 unspecified atom stereocenters. The molecule has 172 valence electrons. The first kappa shape index (κ1) is 23.2. The first-order chi connectivity index (χ1) is 15.3. The third kappa shape index (κ3) is 5.49. The molecule has 1 atom stereocenters. The number of fused-ring (bicyclic) bond motifs is 1. The second-order valence-corrected chi connectivity index (χ2v) is 10.7. The van der Waals surface area contributed by atoms with Gasteiger partial charge in [0.25, 0.3) is 0 Å². The highest BCUT2D eigenvalue weighted by molar-refractivity contribution is 7.88. The SMILES string of the molecule is O=C(NCC1COc2ccccc2O1)C1CCN(S(=O)(=O)Cc2ccc(Cl)cc2Cl)CC1. The van der Waals surface area contributed by atoms with Gasteiger partial charge in [-0.3, -0.25) is 4.79 Å². The van der Waals surface area contributed by atoms with Gasteiger partial charge in [0.15, 0.2) is 11.5 Å². The minimum atomic E-state index is -3.54. The van der Waals surface area contributed by atoms with Crippen molar-refractivity contribution in [2.24, 2.45) is 5.92 Å². The van der Waals surface area contributed by atoms with E-state index in [2.05, 4.69) is 5.32 Å². The zero-order chi connectivity index (χ0) is 22.7. The third-order valence-electron chi connectivity index (χ3n) is 5.64. The second kappa shape index (κ2) is 9.87. The fraction of sp³-hybridized carbons (Fsp3) is 0.409. The molecule has 2 aromatic rings. The summed E-state index contributed by atoms with van der Waals surface area (Å²) < 4.78 is 38.6. The number of rotatable bonds is 6. The second-order valence-electron chi connectivity index (χ2n) is 7.91. The molecule has 1 N–H and O–H groups in total. The lowest BCUT2D eigenvalue weighted by atomic mass is 9.97. The summed E-state index contributed by atoms with van der Waals surface area (Å²) in [6, 6.07) is 12.2. The number of hydrogen-bond donors (Lipinski definition) is 1. The lowest BCUT2D eigenvalue weighted by Crippen LogP contribution is -2.46. The molecule has 2 aliphatic rings. The van der Waals surface area contributed by atoms with Gasteiger partial charge in [-0.15, -0.1) is 0 Å². The van der Waals surface area contributed by atoms with Crippen molar-refractivity contribution in [3.8, 4) is 11.5 Å². The topological polar surface area (TPSA) is 84.9 Å². The number of carbonyl (C=O) groups excluding carboxylic acids is 1. The van der Waals surface area contributed by atoms with Gasteiger partial charge in [0.2, 0.25) is 15.9 Å². The maximum Gasteiger partial charge on any atom is 0.223 e. The van der Waals surface area contributed by atoms with Crippen LogP contribution >= 0.6 is 23.2 Å². The van der Waals surface area contributed by atoms with E-state index in [1.807, 2.05) is 24.3 Å². The highest BCUT2D eigenvalue weighted by Crippen LogP contribution is 2.31. The molecule has 0 radical (unpaired) electrons. The van der Waals surface area contributed by atoms with Gasteiger partial charge >= 0.3 is 0 Å². The van der Waals surface area contributed by atoms with Gasteiger partial charge in [-0.2, -0.15) is 0 Å². The maximum absolute atomic E-state index is 12.8. The third-order valence-corrected chi connectivity index (χ3v) is 8.06. The van der Waals surface area contributed by atoms with E-state index in [0.717, 1.165) is 0 Å². The molecule has 2 heterocycles. The quantitative estimate of drug-likeness (QED) is 0.658. The molecule has 1 saturated heterocycles. The molecule has 10 heteroatoms. The number of hydrogen-bond acceptors (Lipinski definition) is 5. The van der Waals surface area contributed by atoms with Gasteiger partial charge in [-0.1, -0.05) is 41.4 Å². The Kier molecular flexibility index (Phi) is 7.14. The van der Waals surface area contributed by atoms with Gasteiger partial charge in [0, 0.05) is 29.1 Å². The largest absolute Gasteiger partial charge is 0.486 e. The van der Waals surface area contributed by atoms with Crippen LogP contribution < -0.4 is 14.8 Å². The fourth-order valence-electron chi connectivity index (χ4n) is 3.85. The van der Waals surface area contributed by atoms with Gasteiger partial charge in [-0.25, -0.2) is 12.7 Å². The number of piperidine rings is 1. The molecule has 2 aliphatic heterocycles. The molecule has 1 fully saturated rings. The summed E-state index contributed by atoms with van der Waals surface area (Å²) in [6.45, 7) is 1.28. The summed E-state index contributed by atoms with van der Waals surface area (Å²) >= 11 is 12.0. The first-order valence-corrected chi connectivity index (χ1v) is 12.8. The van der Waals surface area contributed by atoms with Gasteiger partial charge in [-0.05, 0) is 42.7 Å². The van der Waals surface area contributed by atoms with Gasteiger partial charge < -0.3 is 14.8 Å². The van der Waals surface area contributed by atoms with Crippen LogP contribution in [0, 0.1) is 5.92 Å². The van der Waals surface area contributed by atoms with Crippen LogP contribution in [0.5, 0.6) is 11.5 Å². The van der Waals surface area contributed by atoms with Crippen molar-refractivity contribution in [2.75, 3.05) is 26.2 Å². The van der Waals surface area contributed by atoms with Crippen molar-refractivity contribution in [3.05, 3.63) is 58.1 Å². The lowest BCUT2D eigenvalue weighted by Gasteiger charge is -2.31. The van der Waals surface area contributed by atoms with E-state index in [1.165, 1.54) is 10.4 Å². The Morgan fingerprint density at radius 3 is 2.53 bits per heavy atom. The van der Waals surface area contributed by atoms with Crippen LogP contribution in [-0.2, 0) is 20.6 Å². The van der Waals surface area contributed by atoms with Crippen LogP contribution in [0.25, 0.3) is 0 Å². The van der Waals surface area contributed by atoms with Crippen LogP contribution in [0.1, 0.15) is 18.4 Å². The van der Waals surface area contributed by atoms with Crippen molar-refractivity contribution < 1.29 is 22.7 Å². The van der Waals surface area contributed by atoms with E-state index in [4.69, 9.17) is 32.7 Å². The minimum absolute atomic E-state index is 0.0924. The Labute approximate surface area is 197 Å². The number of para-hydroxylation sites is 2. The number of ether oxygens (including phenoxy) is 2. The van der Waals surface area contributed by atoms with Crippen LogP contribution in [0.3, 0.4) is 0 Å². The first-order valence-electron chi connectivity index (χ1n) is 10.4. The van der Waals surface area contributed by atoms with Crippen molar-refractivity contribution in [1.29, 1.82) is 0 Å². The normalized spacial score (nSPS) is 19.5. The number of carbonyl (C=O) groups is 1. The van der Waals surface area contributed by atoms with Crippen LogP contribution in [-0.4, -0.2) is 51.0 Å². The number of halogens is 2. The number of nitrogens with zero attached hydrogens (tertiary/aromatic N) is 1. The monoisotopic (exact) mass is 498 g/mol. The van der Waals surface area contributed by atoms with Crippen molar-refractivity contribution in [2.45, 2.75) is 24.7 Å². The van der Waals surface area contributed by atoms with Gasteiger partial charge in [0.05, 0.1) is 12.3 Å². The molecule has 0 saturated carbocycles.